The number of benzene rings is 1. The maximum Gasteiger partial charge on any atom is 0.236 e. The molecular weight excluding hydrogens is 366 g/mol. The maximum absolute atomic E-state index is 13.4. The first-order valence-electron chi connectivity index (χ1n) is 9.32. The van der Waals surface area contributed by atoms with Crippen LogP contribution in [0.2, 0.25) is 5.02 Å². The topological polar surface area (TPSA) is 53.1 Å². The molecule has 1 aromatic carbocycles. The molecule has 0 aliphatic carbocycles. The van der Waals surface area contributed by atoms with Gasteiger partial charge in [-0.25, -0.2) is 0 Å². The number of hydrogen-bond donors (Lipinski definition) is 0. The lowest BCUT2D eigenvalue weighted by molar-refractivity contribution is -0.160. The zero-order valence-electron chi connectivity index (χ0n) is 16.3. The van der Waals surface area contributed by atoms with E-state index in [0.717, 1.165) is 12.0 Å². The quantitative estimate of drug-likeness (QED) is 0.735. The van der Waals surface area contributed by atoms with Crippen LogP contribution in [-0.2, 0) is 20.7 Å². The van der Waals surface area contributed by atoms with E-state index in [1.54, 1.807) is 12.0 Å². The van der Waals surface area contributed by atoms with Crippen molar-refractivity contribution in [3.8, 4) is 0 Å². The molecule has 7 heteroatoms. The van der Waals surface area contributed by atoms with Gasteiger partial charge in [-0.3, -0.25) is 9.59 Å². The molecule has 0 bridgehead atoms. The molecule has 27 heavy (non-hydrogen) atoms. The lowest BCUT2D eigenvalue weighted by Crippen LogP contribution is -2.66. The molecule has 2 fully saturated rings. The summed E-state index contributed by atoms with van der Waals surface area (Å²) in [6, 6.07) is 7.62. The summed E-state index contributed by atoms with van der Waals surface area (Å²) in [6.45, 7) is 2.64. The van der Waals surface area contributed by atoms with Crippen LogP contribution in [0.3, 0.4) is 0 Å². The van der Waals surface area contributed by atoms with E-state index < -0.39 is 5.41 Å². The smallest absolute Gasteiger partial charge is 0.236 e. The first-order chi connectivity index (χ1) is 12.8. The van der Waals surface area contributed by atoms with E-state index in [-0.39, 0.29) is 17.9 Å². The van der Waals surface area contributed by atoms with Gasteiger partial charge in [-0.2, -0.15) is 0 Å². The Morgan fingerprint density at radius 1 is 1.22 bits per heavy atom. The summed E-state index contributed by atoms with van der Waals surface area (Å²) in [6.07, 6.45) is 1.58. The third-order valence-corrected chi connectivity index (χ3v) is 5.72. The van der Waals surface area contributed by atoms with E-state index in [0.29, 0.717) is 44.2 Å². The highest BCUT2D eigenvalue weighted by atomic mass is 35.5. The van der Waals surface area contributed by atoms with Crippen molar-refractivity contribution in [2.75, 3.05) is 53.9 Å². The fourth-order valence-electron chi connectivity index (χ4n) is 3.99. The van der Waals surface area contributed by atoms with Gasteiger partial charge in [0.1, 0.15) is 0 Å². The molecule has 0 saturated carbocycles. The molecule has 0 radical (unpaired) electrons. The first-order valence-corrected chi connectivity index (χ1v) is 9.70. The first kappa shape index (κ1) is 20.1. The number of rotatable bonds is 6. The van der Waals surface area contributed by atoms with Gasteiger partial charge >= 0.3 is 0 Å². The van der Waals surface area contributed by atoms with Crippen LogP contribution in [0.1, 0.15) is 12.0 Å². The van der Waals surface area contributed by atoms with Crippen LogP contribution in [0.5, 0.6) is 0 Å². The Morgan fingerprint density at radius 3 is 2.44 bits per heavy atom. The van der Waals surface area contributed by atoms with Crippen molar-refractivity contribution in [1.82, 2.24) is 14.7 Å². The van der Waals surface area contributed by atoms with Crippen molar-refractivity contribution >= 4 is 23.4 Å². The van der Waals surface area contributed by atoms with Gasteiger partial charge in [0.2, 0.25) is 11.8 Å². The second kappa shape index (κ2) is 8.17. The molecule has 2 heterocycles. The Labute approximate surface area is 166 Å². The van der Waals surface area contributed by atoms with Gasteiger partial charge in [-0.15, -0.1) is 0 Å². The fraction of sp³-hybridized carbons (Fsp3) is 0.600. The minimum Gasteiger partial charge on any atom is -0.380 e. The molecule has 0 spiro atoms. The third kappa shape index (κ3) is 4.45. The minimum absolute atomic E-state index is 0.0655. The zero-order chi connectivity index (χ0) is 19.6. The largest absolute Gasteiger partial charge is 0.380 e. The van der Waals surface area contributed by atoms with E-state index >= 15 is 0 Å². The summed E-state index contributed by atoms with van der Waals surface area (Å²) in [5.41, 5.74) is 0.508. The lowest BCUT2D eigenvalue weighted by Gasteiger charge is -2.50. The van der Waals surface area contributed by atoms with Gasteiger partial charge in [0.15, 0.2) is 0 Å². The number of ether oxygens (including phenoxy) is 1. The SMILES string of the molecule is COC1CCN(C(=O)C2(Cc3ccc(Cl)cc3)CN(C(=O)CN(C)C)C2)C1. The molecule has 0 aromatic heterocycles. The standard InChI is InChI=1S/C20H28ClN3O3/c1-22(2)12-18(25)24-13-20(14-24,10-15-4-6-16(21)7-5-15)19(26)23-9-8-17(11-23)27-3/h4-7,17H,8-14H2,1-3H3. The molecule has 3 rings (SSSR count). The summed E-state index contributed by atoms with van der Waals surface area (Å²) < 4.78 is 5.41. The maximum atomic E-state index is 13.4. The number of likely N-dealkylation sites (tertiary alicyclic amines) is 2. The van der Waals surface area contributed by atoms with E-state index in [1.165, 1.54) is 0 Å². The van der Waals surface area contributed by atoms with Gasteiger partial charge in [-0.1, -0.05) is 23.7 Å². The second-order valence-corrected chi connectivity index (χ2v) is 8.41. The molecule has 2 aliphatic rings. The Morgan fingerprint density at radius 2 is 1.89 bits per heavy atom. The number of amides is 2. The van der Waals surface area contributed by atoms with Crippen molar-refractivity contribution in [3.63, 3.8) is 0 Å². The molecule has 1 atom stereocenters. The number of likely N-dealkylation sites (N-methyl/N-ethyl adjacent to an activating group) is 1. The molecule has 2 amide bonds. The number of hydrogen-bond acceptors (Lipinski definition) is 4. The monoisotopic (exact) mass is 393 g/mol. The van der Waals surface area contributed by atoms with Gasteiger partial charge < -0.3 is 19.4 Å². The van der Waals surface area contributed by atoms with E-state index in [4.69, 9.17) is 16.3 Å². The summed E-state index contributed by atoms with van der Waals surface area (Å²) in [5.74, 6) is 0.196. The highest BCUT2D eigenvalue weighted by molar-refractivity contribution is 6.30. The van der Waals surface area contributed by atoms with E-state index in [1.807, 2.05) is 48.2 Å². The minimum atomic E-state index is -0.557. The summed E-state index contributed by atoms with van der Waals surface area (Å²) in [7, 11) is 5.44. The molecular formula is C20H28ClN3O3. The number of carbonyl (C=O) groups excluding carboxylic acids is 2. The van der Waals surface area contributed by atoms with Crippen molar-refractivity contribution < 1.29 is 14.3 Å². The molecule has 2 saturated heterocycles. The second-order valence-electron chi connectivity index (χ2n) is 7.97. The van der Waals surface area contributed by atoms with Crippen LogP contribution in [0.15, 0.2) is 24.3 Å². The van der Waals surface area contributed by atoms with Gasteiger partial charge in [0.05, 0.1) is 18.1 Å². The summed E-state index contributed by atoms with van der Waals surface area (Å²) >= 11 is 6.00. The Kier molecular flexibility index (Phi) is 6.08. The summed E-state index contributed by atoms with van der Waals surface area (Å²) in [5, 5.41) is 0.679. The van der Waals surface area contributed by atoms with E-state index in [2.05, 4.69) is 0 Å². The zero-order valence-corrected chi connectivity index (χ0v) is 17.0. The Hall–Kier alpha value is -1.63. The highest BCUT2D eigenvalue weighted by Crippen LogP contribution is 2.37. The van der Waals surface area contributed by atoms with E-state index in [9.17, 15) is 9.59 Å². The van der Waals surface area contributed by atoms with Crippen molar-refractivity contribution in [2.45, 2.75) is 18.9 Å². The molecule has 2 aliphatic heterocycles. The number of nitrogens with zero attached hydrogens (tertiary/aromatic N) is 3. The van der Waals surface area contributed by atoms with Crippen LogP contribution in [0, 0.1) is 5.41 Å². The summed E-state index contributed by atoms with van der Waals surface area (Å²) in [4.78, 5) is 31.3. The molecule has 0 N–H and O–H groups in total. The number of halogens is 1. The average molecular weight is 394 g/mol. The predicted octanol–water partition coefficient (Wildman–Crippen LogP) is 1.52. The van der Waals surface area contributed by atoms with Gasteiger partial charge in [0.25, 0.3) is 0 Å². The molecule has 1 unspecified atom stereocenters. The number of methoxy groups -OCH3 is 1. The van der Waals surface area contributed by atoms with Crippen LogP contribution >= 0.6 is 11.6 Å². The van der Waals surface area contributed by atoms with Crippen LogP contribution in [-0.4, -0.2) is 86.5 Å². The van der Waals surface area contributed by atoms with Crippen molar-refractivity contribution in [1.29, 1.82) is 0 Å². The van der Waals surface area contributed by atoms with Crippen molar-refractivity contribution in [2.24, 2.45) is 5.41 Å². The Bertz CT molecular complexity index is 686. The molecule has 1 aromatic rings. The average Bonchev–Trinajstić information content (AvgIpc) is 3.07. The highest BCUT2D eigenvalue weighted by Gasteiger charge is 2.53. The van der Waals surface area contributed by atoms with Crippen LogP contribution in [0.25, 0.3) is 0 Å². The normalized spacial score (nSPS) is 21.4. The number of carbonyl (C=O) groups is 2. The molecule has 148 valence electrons. The predicted molar refractivity (Wildman–Crippen MR) is 105 cm³/mol. The van der Waals surface area contributed by atoms with Crippen molar-refractivity contribution in [3.05, 3.63) is 34.9 Å². The lowest BCUT2D eigenvalue weighted by atomic mass is 9.73. The van der Waals surface area contributed by atoms with Crippen LogP contribution in [0.4, 0.5) is 0 Å². The third-order valence-electron chi connectivity index (χ3n) is 5.47. The van der Waals surface area contributed by atoms with Gasteiger partial charge in [0, 0.05) is 38.3 Å². The fourth-order valence-corrected chi connectivity index (χ4v) is 4.11. The van der Waals surface area contributed by atoms with Crippen LogP contribution < -0.4 is 0 Å². The molecule has 6 nitrogen and oxygen atoms in total. The van der Waals surface area contributed by atoms with Gasteiger partial charge in [-0.05, 0) is 44.6 Å². The Balaban J connectivity index is 1.75.